The van der Waals surface area contributed by atoms with E-state index in [1.165, 1.54) is 18.3 Å². The Morgan fingerprint density at radius 2 is 1.94 bits per heavy atom. The molecule has 0 aliphatic carbocycles. The molecule has 0 radical (unpaired) electrons. The number of rotatable bonds is 3. The molecule has 0 aliphatic heterocycles. The highest BCUT2D eigenvalue weighted by molar-refractivity contribution is 6.32. The predicted octanol–water partition coefficient (Wildman–Crippen LogP) is 4.12. The lowest BCUT2D eigenvalue weighted by Gasteiger charge is -2.07. The minimum Gasteiger partial charge on any atom is -0.476 e. The average molecular weight is 272 g/mol. The molecule has 0 unspecified atom stereocenters. The number of benzene rings is 1. The van der Waals surface area contributed by atoms with Gasteiger partial charge in [0, 0.05) is 5.56 Å². The Bertz CT molecular complexity index is 516. The standard InChI is InChI=1S/C12H8Cl2FNO/c13-7-17-10-5-11(12(14)16-6-10)8-1-3-9(15)4-2-8/h1-6H,7H2. The van der Waals surface area contributed by atoms with Crippen molar-refractivity contribution in [1.29, 1.82) is 0 Å². The second-order valence-electron chi connectivity index (χ2n) is 3.27. The van der Waals surface area contributed by atoms with Crippen molar-refractivity contribution in [3.8, 4) is 16.9 Å². The van der Waals surface area contributed by atoms with Gasteiger partial charge in [-0.3, -0.25) is 0 Å². The Morgan fingerprint density at radius 1 is 1.24 bits per heavy atom. The molecule has 2 aromatic rings. The molecular weight excluding hydrogens is 264 g/mol. The van der Waals surface area contributed by atoms with Crippen LogP contribution in [0.2, 0.25) is 5.15 Å². The smallest absolute Gasteiger partial charge is 0.162 e. The highest BCUT2D eigenvalue weighted by Gasteiger charge is 2.07. The van der Waals surface area contributed by atoms with E-state index in [-0.39, 0.29) is 11.9 Å². The molecule has 2 nitrogen and oxygen atoms in total. The molecule has 0 saturated heterocycles. The summed E-state index contributed by atoms with van der Waals surface area (Å²) in [6, 6.07) is 7.73. The van der Waals surface area contributed by atoms with E-state index in [1.807, 2.05) is 0 Å². The first kappa shape index (κ1) is 12.1. The van der Waals surface area contributed by atoms with Crippen molar-refractivity contribution in [2.45, 2.75) is 0 Å². The van der Waals surface area contributed by atoms with Crippen molar-refractivity contribution in [3.63, 3.8) is 0 Å². The average Bonchev–Trinajstić information content (AvgIpc) is 2.33. The van der Waals surface area contributed by atoms with Crippen LogP contribution in [0, 0.1) is 5.82 Å². The Hall–Kier alpha value is -1.32. The first-order valence-electron chi connectivity index (χ1n) is 4.81. The summed E-state index contributed by atoms with van der Waals surface area (Å²) in [6.45, 7) is 0. The Balaban J connectivity index is 2.42. The summed E-state index contributed by atoms with van der Waals surface area (Å²) in [5.74, 6) is 0.217. The van der Waals surface area contributed by atoms with E-state index in [2.05, 4.69) is 4.98 Å². The van der Waals surface area contributed by atoms with Crippen molar-refractivity contribution in [1.82, 2.24) is 4.98 Å². The molecule has 1 aromatic carbocycles. The van der Waals surface area contributed by atoms with Crippen molar-refractivity contribution in [2.75, 3.05) is 6.07 Å². The van der Waals surface area contributed by atoms with Gasteiger partial charge >= 0.3 is 0 Å². The van der Waals surface area contributed by atoms with E-state index < -0.39 is 0 Å². The van der Waals surface area contributed by atoms with Crippen LogP contribution in [-0.2, 0) is 0 Å². The molecule has 0 atom stereocenters. The molecule has 0 bridgehead atoms. The van der Waals surface area contributed by atoms with Gasteiger partial charge in [-0.25, -0.2) is 9.37 Å². The molecule has 0 amide bonds. The van der Waals surface area contributed by atoms with Gasteiger partial charge in [0.25, 0.3) is 0 Å². The summed E-state index contributed by atoms with van der Waals surface area (Å²) in [5.41, 5.74) is 1.44. The third kappa shape index (κ3) is 2.87. The maximum absolute atomic E-state index is 12.8. The van der Waals surface area contributed by atoms with Gasteiger partial charge in [0.2, 0.25) is 0 Å². The largest absolute Gasteiger partial charge is 0.476 e. The summed E-state index contributed by atoms with van der Waals surface area (Å²) in [4.78, 5) is 3.98. The van der Waals surface area contributed by atoms with Gasteiger partial charge in [-0.1, -0.05) is 35.3 Å². The quantitative estimate of drug-likeness (QED) is 0.619. The Labute approximate surface area is 108 Å². The fourth-order valence-corrected chi connectivity index (χ4v) is 1.74. The van der Waals surface area contributed by atoms with Crippen LogP contribution in [0.1, 0.15) is 0 Å². The maximum Gasteiger partial charge on any atom is 0.162 e. The molecule has 0 spiro atoms. The molecule has 0 fully saturated rings. The summed E-state index contributed by atoms with van der Waals surface area (Å²) in [5, 5.41) is 0.332. The minimum absolute atomic E-state index is 0.0339. The zero-order valence-corrected chi connectivity index (χ0v) is 10.2. The third-order valence-corrected chi connectivity index (χ3v) is 2.60. The fourth-order valence-electron chi connectivity index (χ4n) is 1.40. The molecule has 1 heterocycles. The van der Waals surface area contributed by atoms with E-state index in [1.54, 1.807) is 18.2 Å². The van der Waals surface area contributed by atoms with Crippen molar-refractivity contribution in [3.05, 3.63) is 47.5 Å². The highest BCUT2D eigenvalue weighted by Crippen LogP contribution is 2.29. The molecule has 17 heavy (non-hydrogen) atoms. The van der Waals surface area contributed by atoms with E-state index in [4.69, 9.17) is 27.9 Å². The molecule has 0 N–H and O–H groups in total. The molecule has 0 saturated carbocycles. The van der Waals surface area contributed by atoms with E-state index in [0.717, 1.165) is 5.56 Å². The fraction of sp³-hybridized carbons (Fsp3) is 0.0833. The number of aromatic nitrogens is 1. The van der Waals surface area contributed by atoms with Gasteiger partial charge in [-0.05, 0) is 23.8 Å². The van der Waals surface area contributed by atoms with Crippen LogP contribution in [0.5, 0.6) is 5.75 Å². The van der Waals surface area contributed by atoms with Gasteiger partial charge in [0.15, 0.2) is 6.07 Å². The second kappa shape index (κ2) is 5.34. The minimum atomic E-state index is -0.300. The number of hydrogen-bond donors (Lipinski definition) is 0. The maximum atomic E-state index is 12.8. The molecule has 1 aromatic heterocycles. The highest BCUT2D eigenvalue weighted by atomic mass is 35.5. The van der Waals surface area contributed by atoms with Gasteiger partial charge in [-0.2, -0.15) is 0 Å². The van der Waals surface area contributed by atoms with Crippen molar-refractivity contribution >= 4 is 23.2 Å². The Morgan fingerprint density at radius 3 is 2.59 bits per heavy atom. The summed E-state index contributed by atoms with van der Waals surface area (Å²) in [7, 11) is 0. The van der Waals surface area contributed by atoms with Crippen molar-refractivity contribution < 1.29 is 9.13 Å². The Kier molecular flexibility index (Phi) is 3.82. The van der Waals surface area contributed by atoms with Gasteiger partial charge < -0.3 is 4.74 Å². The predicted molar refractivity (Wildman–Crippen MR) is 66.0 cm³/mol. The van der Waals surface area contributed by atoms with E-state index in [9.17, 15) is 4.39 Å². The molecule has 88 valence electrons. The topological polar surface area (TPSA) is 22.1 Å². The van der Waals surface area contributed by atoms with Crippen LogP contribution in [0.25, 0.3) is 11.1 Å². The number of alkyl halides is 1. The summed E-state index contributed by atoms with van der Waals surface area (Å²) < 4.78 is 17.9. The van der Waals surface area contributed by atoms with Crippen LogP contribution in [0.4, 0.5) is 4.39 Å². The number of ether oxygens (including phenoxy) is 1. The lowest BCUT2D eigenvalue weighted by atomic mass is 10.1. The number of hydrogen-bond acceptors (Lipinski definition) is 2. The molecule has 0 aliphatic rings. The third-order valence-electron chi connectivity index (χ3n) is 2.19. The SMILES string of the molecule is Fc1ccc(-c2cc(OCCl)cnc2Cl)cc1. The van der Waals surface area contributed by atoms with Crippen LogP contribution < -0.4 is 4.74 Å². The first-order chi connectivity index (χ1) is 8.20. The summed E-state index contributed by atoms with van der Waals surface area (Å²) in [6.07, 6.45) is 1.48. The number of pyridine rings is 1. The van der Waals surface area contributed by atoms with Crippen LogP contribution in [0.15, 0.2) is 36.5 Å². The zero-order chi connectivity index (χ0) is 12.3. The molecule has 2 rings (SSSR count). The summed E-state index contributed by atoms with van der Waals surface area (Å²) >= 11 is 11.4. The van der Waals surface area contributed by atoms with Crippen molar-refractivity contribution in [2.24, 2.45) is 0 Å². The van der Waals surface area contributed by atoms with Crippen LogP contribution in [0.3, 0.4) is 0 Å². The number of nitrogens with zero attached hydrogens (tertiary/aromatic N) is 1. The zero-order valence-electron chi connectivity index (χ0n) is 8.66. The molecule has 5 heteroatoms. The monoisotopic (exact) mass is 271 g/mol. The second-order valence-corrected chi connectivity index (χ2v) is 3.85. The lowest BCUT2D eigenvalue weighted by molar-refractivity contribution is 0.386. The van der Waals surface area contributed by atoms with E-state index >= 15 is 0 Å². The van der Waals surface area contributed by atoms with Gasteiger partial charge in [0.05, 0.1) is 6.20 Å². The lowest BCUT2D eigenvalue weighted by Crippen LogP contribution is -1.92. The van der Waals surface area contributed by atoms with Crippen LogP contribution >= 0.6 is 23.2 Å². The number of halogens is 3. The van der Waals surface area contributed by atoms with Gasteiger partial charge in [-0.15, -0.1) is 0 Å². The van der Waals surface area contributed by atoms with Crippen LogP contribution in [-0.4, -0.2) is 11.1 Å². The normalized spacial score (nSPS) is 10.3. The molecular formula is C12H8Cl2FNO. The first-order valence-corrected chi connectivity index (χ1v) is 5.72. The van der Waals surface area contributed by atoms with Gasteiger partial charge in [0.1, 0.15) is 16.7 Å². The van der Waals surface area contributed by atoms with E-state index in [0.29, 0.717) is 16.5 Å².